The lowest BCUT2D eigenvalue weighted by atomic mass is 10.1. The molecule has 3 N–H and O–H groups in total. The highest BCUT2D eigenvalue weighted by molar-refractivity contribution is 5.95. The van der Waals surface area contributed by atoms with Gasteiger partial charge in [-0.1, -0.05) is 42.5 Å². The number of benzene rings is 2. The number of piperazine rings is 1. The van der Waals surface area contributed by atoms with E-state index in [1.807, 2.05) is 42.5 Å². The minimum atomic E-state index is -0.160. The smallest absolute Gasteiger partial charge is 0.242 e. The van der Waals surface area contributed by atoms with Crippen molar-refractivity contribution in [2.45, 2.75) is 6.04 Å². The van der Waals surface area contributed by atoms with E-state index in [1.165, 1.54) is 5.56 Å². The zero-order chi connectivity index (χ0) is 14.5. The summed E-state index contributed by atoms with van der Waals surface area (Å²) in [7, 11) is 0. The average molecular weight is 281 g/mol. The van der Waals surface area contributed by atoms with Gasteiger partial charge in [-0.3, -0.25) is 4.79 Å². The highest BCUT2D eigenvalue weighted by Crippen LogP contribution is 2.21. The zero-order valence-electron chi connectivity index (χ0n) is 11.8. The Balaban J connectivity index is 1.65. The summed E-state index contributed by atoms with van der Waals surface area (Å²) >= 11 is 0. The van der Waals surface area contributed by atoms with Crippen molar-refractivity contribution in [3.8, 4) is 11.1 Å². The molecule has 1 amide bonds. The molecular weight excluding hydrogens is 262 g/mol. The lowest BCUT2D eigenvalue weighted by Gasteiger charge is -2.23. The van der Waals surface area contributed by atoms with Crippen molar-refractivity contribution < 1.29 is 4.79 Å². The second-order valence-corrected chi connectivity index (χ2v) is 5.14. The van der Waals surface area contributed by atoms with Crippen molar-refractivity contribution >= 4 is 11.6 Å². The molecule has 0 radical (unpaired) electrons. The van der Waals surface area contributed by atoms with E-state index in [4.69, 9.17) is 0 Å². The van der Waals surface area contributed by atoms with Gasteiger partial charge in [0.25, 0.3) is 0 Å². The predicted octanol–water partition coefficient (Wildman–Crippen LogP) is 1.85. The summed E-state index contributed by atoms with van der Waals surface area (Å²) in [6.45, 7) is 2.41. The summed E-state index contributed by atoms with van der Waals surface area (Å²) in [5.41, 5.74) is 3.15. The van der Waals surface area contributed by atoms with Gasteiger partial charge in [0.15, 0.2) is 0 Å². The standard InChI is InChI=1S/C17H19N3O/c21-17(16-12-18-10-11-19-16)20-15-8-6-14(7-9-15)13-4-2-1-3-5-13/h1-9,16,18-19H,10-12H2,(H,20,21). The summed E-state index contributed by atoms with van der Waals surface area (Å²) in [6.07, 6.45) is 0. The van der Waals surface area contributed by atoms with E-state index in [2.05, 4.69) is 28.1 Å². The van der Waals surface area contributed by atoms with Gasteiger partial charge in [-0.25, -0.2) is 0 Å². The summed E-state index contributed by atoms with van der Waals surface area (Å²) in [5.74, 6) is 0.00895. The number of carbonyl (C=O) groups excluding carboxylic acids is 1. The Kier molecular flexibility index (Phi) is 4.28. The van der Waals surface area contributed by atoms with Crippen LogP contribution in [-0.2, 0) is 4.79 Å². The van der Waals surface area contributed by atoms with E-state index in [9.17, 15) is 4.79 Å². The van der Waals surface area contributed by atoms with Gasteiger partial charge in [0.05, 0.1) is 6.04 Å². The summed E-state index contributed by atoms with van der Waals surface area (Å²) in [5, 5.41) is 9.36. The Bertz CT molecular complexity index is 589. The van der Waals surface area contributed by atoms with Crippen molar-refractivity contribution in [1.82, 2.24) is 10.6 Å². The van der Waals surface area contributed by atoms with Crippen LogP contribution in [0.25, 0.3) is 11.1 Å². The second-order valence-electron chi connectivity index (χ2n) is 5.14. The number of nitrogens with one attached hydrogen (secondary N) is 3. The minimum absolute atomic E-state index is 0.00895. The van der Waals surface area contributed by atoms with E-state index < -0.39 is 0 Å². The number of amides is 1. The summed E-state index contributed by atoms with van der Waals surface area (Å²) in [4.78, 5) is 12.1. The fraction of sp³-hybridized carbons (Fsp3) is 0.235. The molecule has 1 aliphatic heterocycles. The van der Waals surface area contributed by atoms with Crippen LogP contribution in [0.4, 0.5) is 5.69 Å². The predicted molar refractivity (Wildman–Crippen MR) is 85.2 cm³/mol. The van der Waals surface area contributed by atoms with Crippen LogP contribution < -0.4 is 16.0 Å². The maximum atomic E-state index is 12.1. The molecule has 2 aromatic rings. The maximum absolute atomic E-state index is 12.1. The molecule has 0 aliphatic carbocycles. The average Bonchev–Trinajstić information content (AvgIpc) is 2.57. The van der Waals surface area contributed by atoms with E-state index in [0.29, 0.717) is 6.54 Å². The molecule has 2 aromatic carbocycles. The zero-order valence-corrected chi connectivity index (χ0v) is 11.8. The molecule has 3 rings (SSSR count). The number of hydrogen-bond donors (Lipinski definition) is 3. The Morgan fingerprint density at radius 3 is 2.33 bits per heavy atom. The fourth-order valence-electron chi connectivity index (χ4n) is 2.44. The molecular formula is C17H19N3O. The molecule has 0 spiro atoms. The molecule has 1 aliphatic rings. The molecule has 1 heterocycles. The van der Waals surface area contributed by atoms with Crippen molar-refractivity contribution in [2.24, 2.45) is 0 Å². The Morgan fingerprint density at radius 1 is 0.952 bits per heavy atom. The van der Waals surface area contributed by atoms with Crippen LogP contribution in [0.1, 0.15) is 0 Å². The number of anilines is 1. The Morgan fingerprint density at radius 2 is 1.67 bits per heavy atom. The Labute approximate surface area is 124 Å². The molecule has 1 atom stereocenters. The van der Waals surface area contributed by atoms with Gasteiger partial charge in [-0.15, -0.1) is 0 Å². The van der Waals surface area contributed by atoms with Crippen molar-refractivity contribution in [2.75, 3.05) is 25.0 Å². The van der Waals surface area contributed by atoms with Gasteiger partial charge in [-0.05, 0) is 23.3 Å². The minimum Gasteiger partial charge on any atom is -0.325 e. The van der Waals surface area contributed by atoms with Crippen LogP contribution in [0.2, 0.25) is 0 Å². The van der Waals surface area contributed by atoms with E-state index >= 15 is 0 Å². The van der Waals surface area contributed by atoms with Crippen LogP contribution in [0.5, 0.6) is 0 Å². The first-order valence-corrected chi connectivity index (χ1v) is 7.23. The monoisotopic (exact) mass is 281 g/mol. The highest BCUT2D eigenvalue weighted by Gasteiger charge is 2.19. The largest absolute Gasteiger partial charge is 0.325 e. The van der Waals surface area contributed by atoms with Crippen LogP contribution in [0.3, 0.4) is 0 Å². The molecule has 108 valence electrons. The van der Waals surface area contributed by atoms with E-state index in [0.717, 1.165) is 24.3 Å². The Hall–Kier alpha value is -2.17. The van der Waals surface area contributed by atoms with Gasteiger partial charge in [0.2, 0.25) is 5.91 Å². The fourth-order valence-corrected chi connectivity index (χ4v) is 2.44. The van der Waals surface area contributed by atoms with Crippen LogP contribution >= 0.6 is 0 Å². The van der Waals surface area contributed by atoms with E-state index in [-0.39, 0.29) is 11.9 Å². The maximum Gasteiger partial charge on any atom is 0.242 e. The topological polar surface area (TPSA) is 53.2 Å². The van der Waals surface area contributed by atoms with Crippen LogP contribution in [0.15, 0.2) is 54.6 Å². The van der Waals surface area contributed by atoms with Crippen LogP contribution in [-0.4, -0.2) is 31.6 Å². The highest BCUT2D eigenvalue weighted by atomic mass is 16.2. The van der Waals surface area contributed by atoms with Gasteiger partial charge in [0.1, 0.15) is 0 Å². The van der Waals surface area contributed by atoms with Gasteiger partial charge in [-0.2, -0.15) is 0 Å². The normalized spacial score (nSPS) is 18.2. The SMILES string of the molecule is O=C(Nc1ccc(-c2ccccc2)cc1)C1CNCCN1. The van der Waals surface area contributed by atoms with E-state index in [1.54, 1.807) is 0 Å². The second kappa shape index (κ2) is 6.52. The molecule has 4 heteroatoms. The van der Waals surface area contributed by atoms with Gasteiger partial charge < -0.3 is 16.0 Å². The molecule has 1 saturated heterocycles. The number of hydrogen-bond acceptors (Lipinski definition) is 3. The van der Waals surface area contributed by atoms with Crippen LogP contribution in [0, 0.1) is 0 Å². The molecule has 0 bridgehead atoms. The third kappa shape index (κ3) is 3.48. The lowest BCUT2D eigenvalue weighted by molar-refractivity contribution is -0.118. The quantitative estimate of drug-likeness (QED) is 0.805. The first-order chi connectivity index (χ1) is 10.3. The molecule has 1 fully saturated rings. The van der Waals surface area contributed by atoms with Crippen molar-refractivity contribution in [1.29, 1.82) is 0 Å². The first kappa shape index (κ1) is 13.8. The van der Waals surface area contributed by atoms with Gasteiger partial charge >= 0.3 is 0 Å². The van der Waals surface area contributed by atoms with Crippen molar-refractivity contribution in [3.63, 3.8) is 0 Å². The summed E-state index contributed by atoms with van der Waals surface area (Å²) in [6, 6.07) is 18.0. The summed E-state index contributed by atoms with van der Waals surface area (Å²) < 4.78 is 0. The molecule has 4 nitrogen and oxygen atoms in total. The molecule has 0 saturated carbocycles. The lowest BCUT2D eigenvalue weighted by Crippen LogP contribution is -2.54. The van der Waals surface area contributed by atoms with Gasteiger partial charge in [0, 0.05) is 25.3 Å². The van der Waals surface area contributed by atoms with Crippen molar-refractivity contribution in [3.05, 3.63) is 54.6 Å². The number of carbonyl (C=O) groups is 1. The molecule has 0 aromatic heterocycles. The first-order valence-electron chi connectivity index (χ1n) is 7.23. The third-order valence-electron chi connectivity index (χ3n) is 3.62. The third-order valence-corrected chi connectivity index (χ3v) is 3.62. The molecule has 21 heavy (non-hydrogen) atoms. The number of rotatable bonds is 3. The molecule has 1 unspecified atom stereocenters.